The lowest BCUT2D eigenvalue weighted by Crippen LogP contribution is -2.05. The highest BCUT2D eigenvalue weighted by atomic mass is 19.1. The highest BCUT2D eigenvalue weighted by Crippen LogP contribution is 2.33. The van der Waals surface area contributed by atoms with Crippen LogP contribution in [0.4, 0.5) is 10.1 Å². The van der Waals surface area contributed by atoms with Crippen molar-refractivity contribution in [3.63, 3.8) is 0 Å². The summed E-state index contributed by atoms with van der Waals surface area (Å²) in [5.74, 6) is 0.409. The Morgan fingerprint density at radius 3 is 2.14 bits per heavy atom. The van der Waals surface area contributed by atoms with Gasteiger partial charge in [0, 0.05) is 12.6 Å². The van der Waals surface area contributed by atoms with Gasteiger partial charge in [-0.3, -0.25) is 4.79 Å². The van der Waals surface area contributed by atoms with E-state index < -0.39 is 0 Å². The predicted octanol–water partition coefficient (Wildman–Crippen LogP) is 5.13. The molecular formula is C19H22FNO. The lowest BCUT2D eigenvalue weighted by atomic mass is 9.98. The van der Waals surface area contributed by atoms with E-state index in [9.17, 15) is 9.18 Å². The summed E-state index contributed by atoms with van der Waals surface area (Å²) in [6, 6.07) is 16.5. The highest BCUT2D eigenvalue weighted by Gasteiger charge is 2.15. The van der Waals surface area contributed by atoms with Crippen molar-refractivity contribution in [1.82, 2.24) is 0 Å². The number of anilines is 1. The van der Waals surface area contributed by atoms with Crippen molar-refractivity contribution < 1.29 is 9.18 Å². The minimum absolute atomic E-state index is 0.156. The van der Waals surface area contributed by atoms with Gasteiger partial charge >= 0.3 is 0 Å². The third-order valence-corrected chi connectivity index (χ3v) is 3.79. The maximum absolute atomic E-state index is 12.3. The van der Waals surface area contributed by atoms with E-state index >= 15 is 0 Å². The fraction of sp³-hybridized carbons (Fsp3) is 0.316. The van der Waals surface area contributed by atoms with Crippen LogP contribution < -0.4 is 5.32 Å². The van der Waals surface area contributed by atoms with E-state index in [0.29, 0.717) is 5.69 Å². The Balaban J connectivity index is 0.000000160. The molecule has 1 amide bonds. The molecule has 1 aliphatic rings. The summed E-state index contributed by atoms with van der Waals surface area (Å²) in [5.41, 5.74) is 2.16. The molecule has 0 heterocycles. The number of rotatable bonds is 2. The Hall–Kier alpha value is -2.16. The molecule has 2 aromatic rings. The quantitative estimate of drug-likeness (QED) is 0.818. The van der Waals surface area contributed by atoms with Crippen LogP contribution >= 0.6 is 0 Å². The molecule has 1 N–H and O–H groups in total. The van der Waals surface area contributed by atoms with Crippen LogP contribution in [0.5, 0.6) is 0 Å². The first kappa shape index (κ1) is 16.2. The van der Waals surface area contributed by atoms with Crippen molar-refractivity contribution in [2.75, 3.05) is 5.32 Å². The van der Waals surface area contributed by atoms with Gasteiger partial charge in [0.15, 0.2) is 0 Å². The van der Waals surface area contributed by atoms with Gasteiger partial charge in [-0.2, -0.15) is 0 Å². The molecule has 0 radical (unpaired) electrons. The zero-order valence-corrected chi connectivity index (χ0v) is 12.9. The normalized spacial score (nSPS) is 14.1. The van der Waals surface area contributed by atoms with Gasteiger partial charge in [0.05, 0.1) is 0 Å². The molecular weight excluding hydrogens is 277 g/mol. The van der Waals surface area contributed by atoms with Crippen molar-refractivity contribution in [1.29, 1.82) is 0 Å². The molecule has 3 heteroatoms. The molecule has 0 spiro atoms. The number of amides is 1. The summed E-state index contributed by atoms with van der Waals surface area (Å²) < 4.78 is 12.3. The van der Waals surface area contributed by atoms with Crippen LogP contribution in [0.2, 0.25) is 0 Å². The maximum atomic E-state index is 12.3. The van der Waals surface area contributed by atoms with Gasteiger partial charge in [-0.25, -0.2) is 4.39 Å². The van der Waals surface area contributed by atoms with Crippen molar-refractivity contribution in [3.8, 4) is 0 Å². The van der Waals surface area contributed by atoms with Crippen LogP contribution in [0.3, 0.4) is 0 Å². The fourth-order valence-electron chi connectivity index (χ4n) is 2.72. The Kier molecular flexibility index (Phi) is 6.13. The smallest absolute Gasteiger partial charge is 0.221 e. The highest BCUT2D eigenvalue weighted by molar-refractivity contribution is 5.88. The van der Waals surface area contributed by atoms with Gasteiger partial charge in [-0.15, -0.1) is 0 Å². The molecule has 0 aliphatic heterocycles. The summed E-state index contributed by atoms with van der Waals surface area (Å²) in [6.07, 6.45) is 5.67. The van der Waals surface area contributed by atoms with Crippen molar-refractivity contribution in [2.24, 2.45) is 0 Å². The van der Waals surface area contributed by atoms with Crippen LogP contribution in [-0.4, -0.2) is 5.91 Å². The van der Waals surface area contributed by atoms with Gasteiger partial charge in [0.1, 0.15) is 5.82 Å². The van der Waals surface area contributed by atoms with Gasteiger partial charge < -0.3 is 5.32 Å². The van der Waals surface area contributed by atoms with E-state index in [-0.39, 0.29) is 11.7 Å². The average molecular weight is 299 g/mol. The first-order valence-corrected chi connectivity index (χ1v) is 7.73. The van der Waals surface area contributed by atoms with Gasteiger partial charge in [-0.1, -0.05) is 43.2 Å². The summed E-state index contributed by atoms with van der Waals surface area (Å²) in [7, 11) is 0. The molecule has 22 heavy (non-hydrogen) atoms. The monoisotopic (exact) mass is 299 g/mol. The molecule has 0 unspecified atom stereocenters. The third kappa shape index (κ3) is 5.32. The molecule has 1 aliphatic carbocycles. The minimum atomic E-state index is -0.306. The van der Waals surface area contributed by atoms with Crippen LogP contribution in [0.15, 0.2) is 54.6 Å². The van der Waals surface area contributed by atoms with E-state index in [1.54, 1.807) is 5.56 Å². The number of carbonyl (C=O) groups excluding carboxylic acids is 1. The predicted molar refractivity (Wildman–Crippen MR) is 88.4 cm³/mol. The van der Waals surface area contributed by atoms with Crippen LogP contribution in [0.25, 0.3) is 0 Å². The minimum Gasteiger partial charge on any atom is -0.326 e. The van der Waals surface area contributed by atoms with Crippen molar-refractivity contribution in [2.45, 2.75) is 38.5 Å². The molecule has 0 bridgehead atoms. The summed E-state index contributed by atoms with van der Waals surface area (Å²) in [5, 5.41) is 2.53. The molecule has 0 saturated heterocycles. The number of benzene rings is 2. The lowest BCUT2D eigenvalue weighted by Gasteiger charge is -2.07. The zero-order valence-electron chi connectivity index (χ0n) is 12.9. The molecule has 1 saturated carbocycles. The van der Waals surface area contributed by atoms with E-state index in [2.05, 4.69) is 35.6 Å². The first-order chi connectivity index (χ1) is 10.6. The second kappa shape index (κ2) is 8.32. The van der Waals surface area contributed by atoms with E-state index in [1.165, 1.54) is 56.9 Å². The Morgan fingerprint density at radius 2 is 1.59 bits per heavy atom. The first-order valence-electron chi connectivity index (χ1n) is 7.73. The second-order valence-electron chi connectivity index (χ2n) is 5.58. The van der Waals surface area contributed by atoms with Crippen LogP contribution in [-0.2, 0) is 4.79 Å². The van der Waals surface area contributed by atoms with Gasteiger partial charge in [0.2, 0.25) is 5.91 Å². The Labute approximate surface area is 131 Å². The standard InChI is InChI=1S/C11H14.C8H8FNO/c1-2-6-10(7-3-1)11-8-4-5-9-11;1-6(11)10-8-4-2-7(9)3-5-8/h1-3,6-7,11H,4-5,8-9H2;2-5H,1H3,(H,10,11). The van der Waals surface area contributed by atoms with E-state index in [1.807, 2.05) is 0 Å². The number of hydrogen-bond acceptors (Lipinski definition) is 1. The molecule has 1 fully saturated rings. The SMILES string of the molecule is CC(=O)Nc1ccc(F)cc1.c1ccc(C2CCCC2)cc1. The maximum Gasteiger partial charge on any atom is 0.221 e. The molecule has 116 valence electrons. The summed E-state index contributed by atoms with van der Waals surface area (Å²) in [6.45, 7) is 1.41. The fourth-order valence-corrected chi connectivity index (χ4v) is 2.72. The molecule has 0 atom stereocenters. The van der Waals surface area contributed by atoms with E-state index in [0.717, 1.165) is 5.92 Å². The summed E-state index contributed by atoms with van der Waals surface area (Å²) in [4.78, 5) is 10.5. The Bertz CT molecular complexity index is 574. The van der Waals surface area contributed by atoms with Gasteiger partial charge in [-0.05, 0) is 48.6 Å². The number of halogens is 1. The van der Waals surface area contributed by atoms with Gasteiger partial charge in [0.25, 0.3) is 0 Å². The van der Waals surface area contributed by atoms with Crippen molar-refractivity contribution >= 4 is 11.6 Å². The Morgan fingerprint density at radius 1 is 1.00 bits per heavy atom. The third-order valence-electron chi connectivity index (χ3n) is 3.79. The largest absolute Gasteiger partial charge is 0.326 e. The topological polar surface area (TPSA) is 29.1 Å². The number of nitrogens with one attached hydrogen (secondary N) is 1. The number of carbonyl (C=O) groups is 1. The second-order valence-corrected chi connectivity index (χ2v) is 5.58. The number of hydrogen-bond donors (Lipinski definition) is 1. The van der Waals surface area contributed by atoms with Crippen LogP contribution in [0.1, 0.15) is 44.1 Å². The molecule has 2 aromatic carbocycles. The summed E-state index contributed by atoms with van der Waals surface area (Å²) >= 11 is 0. The average Bonchev–Trinajstić information content (AvgIpc) is 3.05. The molecule has 3 rings (SSSR count). The molecule has 0 aromatic heterocycles. The van der Waals surface area contributed by atoms with Crippen molar-refractivity contribution in [3.05, 3.63) is 66.0 Å². The lowest BCUT2D eigenvalue weighted by molar-refractivity contribution is -0.114. The van der Waals surface area contributed by atoms with E-state index in [4.69, 9.17) is 0 Å². The molecule has 2 nitrogen and oxygen atoms in total. The van der Waals surface area contributed by atoms with Crippen LogP contribution in [0, 0.1) is 5.82 Å². The zero-order chi connectivity index (χ0) is 15.8.